The number of benzene rings is 1. The van der Waals surface area contributed by atoms with E-state index in [2.05, 4.69) is 17.2 Å². The summed E-state index contributed by atoms with van der Waals surface area (Å²) in [7, 11) is 5.12. The number of hydrogen-bond donors (Lipinski definition) is 1. The van der Waals surface area contributed by atoms with Gasteiger partial charge in [0.05, 0.1) is 19.1 Å². The van der Waals surface area contributed by atoms with Crippen LogP contribution in [0.1, 0.15) is 44.5 Å². The predicted octanol–water partition coefficient (Wildman–Crippen LogP) is 3.89. The summed E-state index contributed by atoms with van der Waals surface area (Å²) in [6, 6.07) is 7.11. The lowest BCUT2D eigenvalue weighted by molar-refractivity contribution is 0.0945. The second kappa shape index (κ2) is 8.48. The highest BCUT2D eigenvalue weighted by Gasteiger charge is 2.24. The van der Waals surface area contributed by atoms with Crippen LogP contribution in [0.4, 0.5) is 0 Å². The molecule has 0 spiro atoms. The molecule has 148 valence electrons. The number of hydrogen-bond acceptors (Lipinski definition) is 5. The van der Waals surface area contributed by atoms with Crippen molar-refractivity contribution in [2.45, 2.75) is 26.3 Å². The van der Waals surface area contributed by atoms with Crippen LogP contribution >= 0.6 is 11.3 Å². The Kier molecular flexibility index (Phi) is 6.04. The Hall–Kier alpha value is -2.80. The van der Waals surface area contributed by atoms with Crippen molar-refractivity contribution in [3.8, 4) is 11.5 Å². The maximum absolute atomic E-state index is 13.0. The Morgan fingerprint density at radius 1 is 1.21 bits per heavy atom. The van der Waals surface area contributed by atoms with E-state index < -0.39 is 6.04 Å². The van der Waals surface area contributed by atoms with Gasteiger partial charge in [-0.3, -0.25) is 4.79 Å². The first-order valence-corrected chi connectivity index (χ1v) is 9.88. The van der Waals surface area contributed by atoms with Crippen LogP contribution in [0.3, 0.4) is 0 Å². The molecule has 0 saturated carbocycles. The monoisotopic (exact) mass is 399 g/mol. The van der Waals surface area contributed by atoms with Crippen molar-refractivity contribution in [2.75, 3.05) is 14.2 Å². The van der Waals surface area contributed by atoms with E-state index in [4.69, 9.17) is 9.47 Å². The minimum Gasteiger partial charge on any atom is -0.497 e. The zero-order chi connectivity index (χ0) is 20.3. The largest absolute Gasteiger partial charge is 0.497 e. The molecule has 1 amide bonds. The first-order chi connectivity index (χ1) is 13.5. The first-order valence-electron chi connectivity index (χ1n) is 9.07. The van der Waals surface area contributed by atoms with Gasteiger partial charge in [-0.05, 0) is 42.7 Å². The van der Waals surface area contributed by atoms with Crippen LogP contribution in [0, 0.1) is 6.92 Å². The molecule has 1 unspecified atom stereocenters. The first kappa shape index (κ1) is 19.9. The van der Waals surface area contributed by atoms with E-state index in [0.717, 1.165) is 17.8 Å². The zero-order valence-corrected chi connectivity index (χ0v) is 17.6. The molecule has 2 heterocycles. The highest BCUT2D eigenvalue weighted by Crippen LogP contribution is 2.30. The number of carbonyl (C=O) groups excluding carboxylic acids is 1. The van der Waals surface area contributed by atoms with Gasteiger partial charge in [0.2, 0.25) is 0 Å². The number of thiophene rings is 1. The third-order valence-corrected chi connectivity index (χ3v) is 5.82. The van der Waals surface area contributed by atoms with E-state index in [-0.39, 0.29) is 5.91 Å². The van der Waals surface area contributed by atoms with Crippen LogP contribution in [0.5, 0.6) is 11.5 Å². The van der Waals surface area contributed by atoms with E-state index >= 15 is 0 Å². The second-order valence-corrected chi connectivity index (χ2v) is 7.75. The van der Waals surface area contributed by atoms with Gasteiger partial charge in [0.25, 0.3) is 5.91 Å². The van der Waals surface area contributed by atoms with Crippen molar-refractivity contribution in [1.29, 1.82) is 0 Å². The van der Waals surface area contributed by atoms with E-state index in [0.29, 0.717) is 16.4 Å². The molecular formula is C21H25N3O3S. The number of rotatable bonds is 7. The van der Waals surface area contributed by atoms with Gasteiger partial charge in [-0.25, -0.2) is 4.98 Å². The average Bonchev–Trinajstić information content (AvgIpc) is 3.30. The van der Waals surface area contributed by atoms with Crippen LogP contribution in [-0.2, 0) is 13.5 Å². The lowest BCUT2D eigenvalue weighted by atomic mass is 10.0. The van der Waals surface area contributed by atoms with Crippen LogP contribution in [0.2, 0.25) is 0 Å². The lowest BCUT2D eigenvalue weighted by Gasteiger charge is -2.20. The highest BCUT2D eigenvalue weighted by atomic mass is 32.1. The van der Waals surface area contributed by atoms with Crippen LogP contribution in [0.15, 0.2) is 36.7 Å². The van der Waals surface area contributed by atoms with Crippen LogP contribution < -0.4 is 14.8 Å². The van der Waals surface area contributed by atoms with Gasteiger partial charge in [-0.1, -0.05) is 6.92 Å². The summed E-state index contributed by atoms with van der Waals surface area (Å²) in [5, 5.41) is 3.14. The third kappa shape index (κ3) is 4.04. The average molecular weight is 400 g/mol. The normalized spacial score (nSPS) is 11.9. The summed E-state index contributed by atoms with van der Waals surface area (Å²) in [5.74, 6) is 1.92. The van der Waals surface area contributed by atoms with E-state index in [1.165, 1.54) is 21.8 Å². The molecule has 3 rings (SSSR count). The Labute approximate surface area is 169 Å². The number of imidazole rings is 1. The Morgan fingerprint density at radius 3 is 2.39 bits per heavy atom. The number of amides is 1. The molecule has 1 N–H and O–H groups in total. The van der Waals surface area contributed by atoms with Crippen molar-refractivity contribution < 1.29 is 14.3 Å². The van der Waals surface area contributed by atoms with Gasteiger partial charge in [-0.2, -0.15) is 0 Å². The highest BCUT2D eigenvalue weighted by molar-refractivity contribution is 7.14. The minimum atomic E-state index is -0.441. The summed E-state index contributed by atoms with van der Waals surface area (Å²) in [6.45, 7) is 4.14. The van der Waals surface area contributed by atoms with E-state index in [9.17, 15) is 4.79 Å². The van der Waals surface area contributed by atoms with Crippen LogP contribution in [-0.4, -0.2) is 29.7 Å². The molecule has 2 aromatic heterocycles. The van der Waals surface area contributed by atoms with Crippen molar-refractivity contribution in [2.24, 2.45) is 7.05 Å². The summed E-state index contributed by atoms with van der Waals surface area (Å²) < 4.78 is 12.7. The van der Waals surface area contributed by atoms with Gasteiger partial charge in [0.15, 0.2) is 0 Å². The standard InChI is InChI=1S/C21H25N3O3S/c1-6-14-11-18(28-13(14)2)21(25)23-19(20-22-7-8-24(20)3)15-9-16(26-4)12-17(10-15)27-5/h7-12,19H,6H2,1-5H3,(H,23,25). The third-order valence-electron chi connectivity index (χ3n) is 4.72. The lowest BCUT2D eigenvalue weighted by Crippen LogP contribution is -2.30. The molecule has 3 aromatic rings. The second-order valence-electron chi connectivity index (χ2n) is 6.49. The Balaban J connectivity index is 2.01. The van der Waals surface area contributed by atoms with Gasteiger partial charge in [-0.15, -0.1) is 11.3 Å². The number of aryl methyl sites for hydroxylation is 3. The molecule has 0 fully saturated rings. The van der Waals surface area contributed by atoms with Crippen molar-refractivity contribution >= 4 is 17.2 Å². The molecule has 0 aliphatic carbocycles. The fourth-order valence-electron chi connectivity index (χ4n) is 3.13. The molecule has 0 aliphatic rings. The summed E-state index contributed by atoms with van der Waals surface area (Å²) in [6.07, 6.45) is 4.48. The quantitative estimate of drug-likeness (QED) is 0.655. The summed E-state index contributed by atoms with van der Waals surface area (Å²) in [5.41, 5.74) is 2.04. The molecule has 0 bridgehead atoms. The molecule has 1 atom stereocenters. The fraction of sp³-hybridized carbons (Fsp3) is 0.333. The van der Waals surface area contributed by atoms with Gasteiger partial charge >= 0.3 is 0 Å². The smallest absolute Gasteiger partial charge is 0.262 e. The zero-order valence-electron chi connectivity index (χ0n) is 16.8. The minimum absolute atomic E-state index is 0.123. The van der Waals surface area contributed by atoms with Gasteiger partial charge in [0.1, 0.15) is 23.4 Å². The molecule has 6 nitrogen and oxygen atoms in total. The number of nitrogens with zero attached hydrogens (tertiary/aromatic N) is 2. The predicted molar refractivity (Wildman–Crippen MR) is 110 cm³/mol. The molecule has 7 heteroatoms. The van der Waals surface area contributed by atoms with Crippen molar-refractivity contribution in [3.05, 3.63) is 63.4 Å². The summed E-state index contributed by atoms with van der Waals surface area (Å²) in [4.78, 5) is 19.4. The van der Waals surface area contributed by atoms with Gasteiger partial charge in [0, 0.05) is 30.4 Å². The number of carbonyl (C=O) groups is 1. The number of aromatic nitrogens is 2. The maximum Gasteiger partial charge on any atom is 0.262 e. The van der Waals surface area contributed by atoms with Crippen molar-refractivity contribution in [1.82, 2.24) is 14.9 Å². The Morgan fingerprint density at radius 2 is 1.89 bits per heavy atom. The SMILES string of the molecule is CCc1cc(C(=O)NC(c2cc(OC)cc(OC)c2)c2nccn2C)sc1C. The van der Waals surface area contributed by atoms with E-state index in [1.807, 2.05) is 42.9 Å². The molecule has 0 saturated heterocycles. The topological polar surface area (TPSA) is 65.4 Å². The molecule has 28 heavy (non-hydrogen) atoms. The maximum atomic E-state index is 13.0. The van der Waals surface area contributed by atoms with Crippen LogP contribution in [0.25, 0.3) is 0 Å². The number of methoxy groups -OCH3 is 2. The number of nitrogens with one attached hydrogen (secondary N) is 1. The number of ether oxygens (including phenoxy) is 2. The molecular weight excluding hydrogens is 374 g/mol. The summed E-state index contributed by atoms with van der Waals surface area (Å²) >= 11 is 1.51. The molecule has 0 radical (unpaired) electrons. The van der Waals surface area contributed by atoms with Gasteiger partial charge < -0.3 is 19.4 Å². The Bertz CT molecular complexity index is 955. The fourth-order valence-corrected chi connectivity index (χ4v) is 4.15. The molecule has 0 aliphatic heterocycles. The molecule has 1 aromatic carbocycles. The van der Waals surface area contributed by atoms with E-state index in [1.54, 1.807) is 26.5 Å². The van der Waals surface area contributed by atoms with Crippen molar-refractivity contribution in [3.63, 3.8) is 0 Å².